The number of carboxylic acid groups (broad SMARTS) is 1. The Hall–Kier alpha value is -2.04. The summed E-state index contributed by atoms with van der Waals surface area (Å²) in [5.74, 6) is -1.01. The molecule has 0 saturated heterocycles. The number of ether oxygens (including phenoxy) is 1. The number of benzene rings is 1. The maximum atomic E-state index is 12.0. The summed E-state index contributed by atoms with van der Waals surface area (Å²) >= 11 is 0. The third-order valence-electron chi connectivity index (χ3n) is 3.10. The molecule has 0 aliphatic heterocycles. The summed E-state index contributed by atoms with van der Waals surface area (Å²) in [6.07, 6.45) is 0.676. The van der Waals surface area contributed by atoms with Crippen molar-refractivity contribution >= 4 is 11.9 Å². The van der Waals surface area contributed by atoms with Gasteiger partial charge in [0.15, 0.2) is 0 Å². The van der Waals surface area contributed by atoms with E-state index in [2.05, 4.69) is 5.32 Å². The minimum absolute atomic E-state index is 0.132. The van der Waals surface area contributed by atoms with E-state index in [0.717, 1.165) is 0 Å². The van der Waals surface area contributed by atoms with Gasteiger partial charge in [-0.2, -0.15) is 0 Å². The van der Waals surface area contributed by atoms with Gasteiger partial charge in [-0.15, -0.1) is 0 Å². The Balaban J connectivity index is 2.84. The monoisotopic (exact) mass is 265 g/mol. The minimum Gasteiger partial charge on any atom is -0.497 e. The van der Waals surface area contributed by atoms with Gasteiger partial charge in [-0.25, -0.2) is 4.79 Å². The lowest BCUT2D eigenvalue weighted by molar-refractivity contribution is -0.140. The van der Waals surface area contributed by atoms with Crippen molar-refractivity contribution < 1.29 is 19.4 Å². The fourth-order valence-corrected chi connectivity index (χ4v) is 1.67. The number of hydrogen-bond acceptors (Lipinski definition) is 3. The molecule has 0 fully saturated rings. The highest BCUT2D eigenvalue weighted by Crippen LogP contribution is 2.14. The van der Waals surface area contributed by atoms with Crippen LogP contribution in [0.1, 0.15) is 30.6 Å². The molecular formula is C14H19NO4. The summed E-state index contributed by atoms with van der Waals surface area (Å²) in [5.41, 5.74) is 0.383. The molecular weight excluding hydrogens is 246 g/mol. The highest BCUT2D eigenvalue weighted by atomic mass is 16.5. The highest BCUT2D eigenvalue weighted by Gasteiger charge is 2.25. The van der Waals surface area contributed by atoms with Gasteiger partial charge < -0.3 is 15.2 Å². The lowest BCUT2D eigenvalue weighted by Gasteiger charge is -2.20. The molecule has 2 N–H and O–H groups in total. The van der Waals surface area contributed by atoms with Gasteiger partial charge in [0, 0.05) is 5.56 Å². The molecule has 19 heavy (non-hydrogen) atoms. The zero-order valence-electron chi connectivity index (χ0n) is 11.3. The van der Waals surface area contributed by atoms with Crippen LogP contribution in [0.25, 0.3) is 0 Å². The maximum Gasteiger partial charge on any atom is 0.326 e. The van der Waals surface area contributed by atoms with E-state index >= 15 is 0 Å². The molecule has 0 aromatic heterocycles. The lowest BCUT2D eigenvalue weighted by atomic mass is 9.99. The fourth-order valence-electron chi connectivity index (χ4n) is 1.67. The van der Waals surface area contributed by atoms with E-state index in [1.807, 2.05) is 6.92 Å². The van der Waals surface area contributed by atoms with E-state index in [1.165, 1.54) is 7.11 Å². The van der Waals surface area contributed by atoms with Crippen molar-refractivity contribution in [2.75, 3.05) is 7.11 Å². The smallest absolute Gasteiger partial charge is 0.326 e. The third-order valence-corrected chi connectivity index (χ3v) is 3.10. The van der Waals surface area contributed by atoms with Crippen molar-refractivity contribution in [1.29, 1.82) is 0 Å². The van der Waals surface area contributed by atoms with Crippen LogP contribution >= 0.6 is 0 Å². The molecule has 104 valence electrons. The summed E-state index contributed by atoms with van der Waals surface area (Å²) < 4.78 is 5.03. The van der Waals surface area contributed by atoms with Crippen molar-refractivity contribution in [1.82, 2.24) is 5.32 Å². The van der Waals surface area contributed by atoms with Crippen molar-refractivity contribution in [3.63, 3.8) is 0 Å². The molecule has 1 amide bonds. The first kappa shape index (κ1) is 15.0. The Bertz CT molecular complexity index is 459. The number of methoxy groups -OCH3 is 1. The molecule has 5 heteroatoms. The topological polar surface area (TPSA) is 75.6 Å². The zero-order chi connectivity index (χ0) is 14.4. The average molecular weight is 265 g/mol. The normalized spacial score (nSPS) is 13.4. The Morgan fingerprint density at radius 1 is 1.42 bits per heavy atom. The van der Waals surface area contributed by atoms with E-state index in [-0.39, 0.29) is 5.92 Å². The summed E-state index contributed by atoms with van der Waals surface area (Å²) in [5, 5.41) is 11.7. The Kier molecular flexibility index (Phi) is 5.36. The predicted octanol–water partition coefficient (Wildman–Crippen LogP) is 1.92. The molecule has 0 bridgehead atoms. The standard InChI is InChI=1S/C14H19NO4/c1-4-9(2)12(14(17)18)15-13(16)10-6-5-7-11(8-10)19-3/h5-9,12H,4H2,1-3H3,(H,15,16)(H,17,18). The Morgan fingerprint density at radius 3 is 2.63 bits per heavy atom. The van der Waals surface area contributed by atoms with Gasteiger partial charge in [0.25, 0.3) is 5.91 Å². The van der Waals surface area contributed by atoms with Crippen molar-refractivity contribution in [2.24, 2.45) is 5.92 Å². The molecule has 1 aromatic rings. The number of rotatable bonds is 6. The molecule has 1 aromatic carbocycles. The third kappa shape index (κ3) is 3.98. The summed E-state index contributed by atoms with van der Waals surface area (Å²) in [6, 6.07) is 5.72. The van der Waals surface area contributed by atoms with E-state index < -0.39 is 17.9 Å². The minimum atomic E-state index is -1.02. The van der Waals surface area contributed by atoms with Crippen molar-refractivity contribution in [3.05, 3.63) is 29.8 Å². The quantitative estimate of drug-likeness (QED) is 0.824. The zero-order valence-corrected chi connectivity index (χ0v) is 11.3. The molecule has 0 saturated carbocycles. The van der Waals surface area contributed by atoms with Crippen LogP contribution in [-0.2, 0) is 4.79 Å². The number of carbonyl (C=O) groups excluding carboxylic acids is 1. The van der Waals surface area contributed by atoms with Crippen molar-refractivity contribution in [2.45, 2.75) is 26.3 Å². The van der Waals surface area contributed by atoms with Crippen LogP contribution in [-0.4, -0.2) is 30.1 Å². The second kappa shape index (κ2) is 6.78. The number of nitrogens with one attached hydrogen (secondary N) is 1. The first-order chi connectivity index (χ1) is 8.99. The molecule has 2 unspecified atom stereocenters. The average Bonchev–Trinajstić information content (AvgIpc) is 2.43. The molecule has 0 aliphatic carbocycles. The predicted molar refractivity (Wildman–Crippen MR) is 71.3 cm³/mol. The Morgan fingerprint density at radius 2 is 2.11 bits per heavy atom. The van der Waals surface area contributed by atoms with Crippen LogP contribution < -0.4 is 10.1 Å². The van der Waals surface area contributed by atoms with Gasteiger partial charge >= 0.3 is 5.97 Å². The lowest BCUT2D eigenvalue weighted by Crippen LogP contribution is -2.45. The van der Waals surface area contributed by atoms with Crippen LogP contribution in [0.15, 0.2) is 24.3 Å². The number of carboxylic acids is 1. The molecule has 0 spiro atoms. The van der Waals surface area contributed by atoms with Crippen molar-refractivity contribution in [3.8, 4) is 5.75 Å². The molecule has 0 radical (unpaired) electrons. The Labute approximate surface area is 112 Å². The van der Waals surface area contributed by atoms with Gasteiger partial charge in [0.05, 0.1) is 7.11 Å². The molecule has 5 nitrogen and oxygen atoms in total. The summed E-state index contributed by atoms with van der Waals surface area (Å²) in [4.78, 5) is 23.2. The van der Waals surface area contributed by atoms with Crippen LogP contribution in [0.5, 0.6) is 5.75 Å². The maximum absolute atomic E-state index is 12.0. The second-order valence-electron chi connectivity index (χ2n) is 4.41. The van der Waals surface area contributed by atoms with Gasteiger partial charge in [0.1, 0.15) is 11.8 Å². The van der Waals surface area contributed by atoms with Crippen LogP contribution in [0.3, 0.4) is 0 Å². The van der Waals surface area contributed by atoms with Gasteiger partial charge in [0.2, 0.25) is 0 Å². The van der Waals surface area contributed by atoms with Crippen LogP contribution in [0.2, 0.25) is 0 Å². The second-order valence-corrected chi connectivity index (χ2v) is 4.41. The summed E-state index contributed by atoms with van der Waals surface area (Å²) in [7, 11) is 1.51. The van der Waals surface area contributed by atoms with E-state index in [1.54, 1.807) is 31.2 Å². The van der Waals surface area contributed by atoms with Crippen LogP contribution in [0, 0.1) is 5.92 Å². The number of hydrogen-bond donors (Lipinski definition) is 2. The molecule has 0 aliphatic rings. The largest absolute Gasteiger partial charge is 0.497 e. The first-order valence-electron chi connectivity index (χ1n) is 6.17. The van der Waals surface area contributed by atoms with Gasteiger partial charge in [-0.05, 0) is 24.1 Å². The molecule has 1 rings (SSSR count). The van der Waals surface area contributed by atoms with E-state index in [0.29, 0.717) is 17.7 Å². The fraction of sp³-hybridized carbons (Fsp3) is 0.429. The number of carbonyl (C=O) groups is 2. The van der Waals surface area contributed by atoms with Gasteiger partial charge in [-0.1, -0.05) is 26.3 Å². The van der Waals surface area contributed by atoms with E-state index in [4.69, 9.17) is 9.84 Å². The SMILES string of the molecule is CCC(C)C(NC(=O)c1cccc(OC)c1)C(=O)O. The van der Waals surface area contributed by atoms with Crippen LogP contribution in [0.4, 0.5) is 0 Å². The summed E-state index contributed by atoms with van der Waals surface area (Å²) in [6.45, 7) is 3.68. The highest BCUT2D eigenvalue weighted by molar-refractivity contribution is 5.96. The molecule has 0 heterocycles. The van der Waals surface area contributed by atoms with Gasteiger partial charge in [-0.3, -0.25) is 4.79 Å². The number of aliphatic carboxylic acids is 1. The number of amides is 1. The van der Waals surface area contributed by atoms with E-state index in [9.17, 15) is 9.59 Å². The first-order valence-corrected chi connectivity index (χ1v) is 6.17. The molecule has 2 atom stereocenters.